The molecule has 0 aliphatic heterocycles. The predicted molar refractivity (Wildman–Crippen MR) is 87.7 cm³/mol. The largest absolute Gasteiger partial charge is 0.383 e. The lowest BCUT2D eigenvalue weighted by atomic mass is 10.0. The van der Waals surface area contributed by atoms with Crippen molar-refractivity contribution in [2.75, 3.05) is 20.3 Å². The SMILES string of the molecule is COCCNC(N)=NCc1cc(C)cc2c(C)c(C)[nH]c12. The number of nitrogens with zero attached hydrogens (tertiary/aromatic N) is 1. The normalized spacial score (nSPS) is 12.1. The second-order valence-electron chi connectivity index (χ2n) is 5.34. The molecule has 0 saturated heterocycles. The van der Waals surface area contributed by atoms with E-state index in [2.05, 4.69) is 48.2 Å². The number of methoxy groups -OCH3 is 1. The minimum atomic E-state index is 0.446. The van der Waals surface area contributed by atoms with Gasteiger partial charge in [0.1, 0.15) is 0 Å². The van der Waals surface area contributed by atoms with Gasteiger partial charge >= 0.3 is 0 Å². The fourth-order valence-corrected chi connectivity index (χ4v) is 2.42. The van der Waals surface area contributed by atoms with Gasteiger partial charge in [0.15, 0.2) is 5.96 Å². The first-order chi connectivity index (χ1) is 10.0. The molecule has 0 atom stereocenters. The van der Waals surface area contributed by atoms with Crippen molar-refractivity contribution in [1.29, 1.82) is 0 Å². The van der Waals surface area contributed by atoms with Crippen molar-refractivity contribution in [3.63, 3.8) is 0 Å². The Bertz CT molecular complexity index is 658. The fourth-order valence-electron chi connectivity index (χ4n) is 2.42. The number of aromatic amines is 1. The summed E-state index contributed by atoms with van der Waals surface area (Å²) in [6, 6.07) is 4.37. The van der Waals surface area contributed by atoms with Crippen LogP contribution in [0.2, 0.25) is 0 Å². The number of nitrogens with one attached hydrogen (secondary N) is 2. The first-order valence-electron chi connectivity index (χ1n) is 7.14. The van der Waals surface area contributed by atoms with Gasteiger partial charge in [0.2, 0.25) is 0 Å². The summed E-state index contributed by atoms with van der Waals surface area (Å²) in [4.78, 5) is 7.85. The van der Waals surface area contributed by atoms with Crippen LogP contribution in [0.15, 0.2) is 17.1 Å². The van der Waals surface area contributed by atoms with E-state index in [0.717, 1.165) is 11.1 Å². The molecule has 0 aliphatic rings. The molecule has 0 fully saturated rings. The van der Waals surface area contributed by atoms with Crippen molar-refractivity contribution >= 4 is 16.9 Å². The Morgan fingerprint density at radius 2 is 2.10 bits per heavy atom. The van der Waals surface area contributed by atoms with Crippen molar-refractivity contribution in [3.05, 3.63) is 34.5 Å². The number of H-pyrrole nitrogens is 1. The monoisotopic (exact) mass is 288 g/mol. The van der Waals surface area contributed by atoms with Gasteiger partial charge in [-0.1, -0.05) is 11.6 Å². The first-order valence-corrected chi connectivity index (χ1v) is 7.14. The Morgan fingerprint density at radius 3 is 2.81 bits per heavy atom. The molecule has 4 N–H and O–H groups in total. The Hall–Kier alpha value is -2.01. The van der Waals surface area contributed by atoms with Gasteiger partial charge in [-0.15, -0.1) is 0 Å². The molecule has 0 radical (unpaired) electrons. The molecule has 1 aromatic heterocycles. The molecular weight excluding hydrogens is 264 g/mol. The van der Waals surface area contributed by atoms with Crippen molar-refractivity contribution in [2.45, 2.75) is 27.3 Å². The summed E-state index contributed by atoms with van der Waals surface area (Å²) in [5.74, 6) is 0.446. The first kappa shape index (κ1) is 15.4. The zero-order valence-corrected chi connectivity index (χ0v) is 13.2. The van der Waals surface area contributed by atoms with Gasteiger partial charge in [0, 0.05) is 24.7 Å². The van der Waals surface area contributed by atoms with Gasteiger partial charge < -0.3 is 20.8 Å². The van der Waals surface area contributed by atoms with E-state index in [4.69, 9.17) is 10.5 Å². The maximum Gasteiger partial charge on any atom is 0.188 e. The summed E-state index contributed by atoms with van der Waals surface area (Å²) >= 11 is 0. The lowest BCUT2D eigenvalue weighted by molar-refractivity contribution is 0.204. The van der Waals surface area contributed by atoms with Crippen LogP contribution in [0, 0.1) is 20.8 Å². The number of benzene rings is 1. The second-order valence-corrected chi connectivity index (χ2v) is 5.34. The summed E-state index contributed by atoms with van der Waals surface area (Å²) in [6.45, 7) is 8.17. The number of hydrogen-bond donors (Lipinski definition) is 3. The smallest absolute Gasteiger partial charge is 0.188 e. The molecule has 0 saturated carbocycles. The molecular formula is C16H24N4O. The molecule has 1 aromatic carbocycles. The third-order valence-electron chi connectivity index (χ3n) is 3.68. The van der Waals surface area contributed by atoms with E-state index in [9.17, 15) is 0 Å². The van der Waals surface area contributed by atoms with Gasteiger partial charge in [-0.25, -0.2) is 4.99 Å². The highest BCUT2D eigenvalue weighted by atomic mass is 16.5. The number of nitrogens with two attached hydrogens (primary N) is 1. The van der Waals surface area contributed by atoms with Crippen LogP contribution in [0.1, 0.15) is 22.4 Å². The van der Waals surface area contributed by atoms with E-state index in [1.807, 2.05) is 0 Å². The highest BCUT2D eigenvalue weighted by molar-refractivity contribution is 5.88. The highest BCUT2D eigenvalue weighted by Crippen LogP contribution is 2.26. The zero-order valence-electron chi connectivity index (χ0n) is 13.2. The molecule has 0 aliphatic carbocycles. The van der Waals surface area contributed by atoms with Gasteiger partial charge in [-0.2, -0.15) is 0 Å². The third kappa shape index (κ3) is 3.55. The fraction of sp³-hybridized carbons (Fsp3) is 0.438. The average molecular weight is 288 g/mol. The molecule has 21 heavy (non-hydrogen) atoms. The average Bonchev–Trinajstić information content (AvgIpc) is 2.73. The number of fused-ring (bicyclic) bond motifs is 1. The minimum Gasteiger partial charge on any atom is -0.383 e. The zero-order chi connectivity index (χ0) is 15.4. The van der Waals surface area contributed by atoms with E-state index in [1.54, 1.807) is 7.11 Å². The Kier molecular flexibility index (Phi) is 4.85. The van der Waals surface area contributed by atoms with Crippen LogP contribution in [0.25, 0.3) is 10.9 Å². The molecule has 1 heterocycles. The Balaban J connectivity index is 2.22. The third-order valence-corrected chi connectivity index (χ3v) is 3.68. The van der Waals surface area contributed by atoms with Crippen molar-refractivity contribution in [3.8, 4) is 0 Å². The summed E-state index contributed by atoms with van der Waals surface area (Å²) in [7, 11) is 1.66. The summed E-state index contributed by atoms with van der Waals surface area (Å²) in [6.07, 6.45) is 0. The van der Waals surface area contributed by atoms with Crippen LogP contribution in [0.5, 0.6) is 0 Å². The molecule has 5 heteroatoms. The maximum atomic E-state index is 5.85. The van der Waals surface area contributed by atoms with E-state index < -0.39 is 0 Å². The van der Waals surface area contributed by atoms with Crippen LogP contribution in [-0.4, -0.2) is 31.2 Å². The van der Waals surface area contributed by atoms with Crippen molar-refractivity contribution in [2.24, 2.45) is 10.7 Å². The lowest BCUT2D eigenvalue weighted by Gasteiger charge is -2.06. The van der Waals surface area contributed by atoms with Crippen LogP contribution < -0.4 is 11.1 Å². The predicted octanol–water partition coefficient (Wildman–Crippen LogP) is 2.14. The van der Waals surface area contributed by atoms with Crippen molar-refractivity contribution in [1.82, 2.24) is 10.3 Å². The van der Waals surface area contributed by atoms with Crippen LogP contribution >= 0.6 is 0 Å². The number of ether oxygens (including phenoxy) is 1. The van der Waals surface area contributed by atoms with Crippen molar-refractivity contribution < 1.29 is 4.74 Å². The highest BCUT2D eigenvalue weighted by Gasteiger charge is 2.09. The number of aromatic nitrogens is 1. The molecule has 5 nitrogen and oxygen atoms in total. The maximum absolute atomic E-state index is 5.85. The number of rotatable bonds is 5. The quantitative estimate of drug-likeness (QED) is 0.448. The molecule has 0 spiro atoms. The van der Waals surface area contributed by atoms with Gasteiger partial charge in [-0.3, -0.25) is 0 Å². The molecule has 114 valence electrons. The standard InChI is InChI=1S/C16H24N4O/c1-10-7-13(9-19-16(17)18-5-6-21-4)15-14(8-10)11(2)12(3)20-15/h7-8,20H,5-6,9H2,1-4H3,(H3,17,18,19). The molecule has 2 rings (SSSR count). The van der Waals surface area contributed by atoms with E-state index in [1.165, 1.54) is 22.2 Å². The van der Waals surface area contributed by atoms with Crippen LogP contribution in [0.4, 0.5) is 0 Å². The number of aliphatic imine (C=N–C) groups is 1. The molecule has 0 bridgehead atoms. The molecule has 0 unspecified atom stereocenters. The van der Waals surface area contributed by atoms with Gasteiger partial charge in [-0.05, 0) is 38.0 Å². The number of hydrogen-bond acceptors (Lipinski definition) is 2. The summed E-state index contributed by atoms with van der Waals surface area (Å²) in [5.41, 5.74) is 11.9. The van der Waals surface area contributed by atoms with Crippen LogP contribution in [0.3, 0.4) is 0 Å². The topological polar surface area (TPSA) is 75.4 Å². The van der Waals surface area contributed by atoms with Gasteiger partial charge in [0.05, 0.1) is 18.7 Å². The Morgan fingerprint density at radius 1 is 1.33 bits per heavy atom. The summed E-state index contributed by atoms with van der Waals surface area (Å²) < 4.78 is 4.97. The van der Waals surface area contributed by atoms with Crippen LogP contribution in [-0.2, 0) is 11.3 Å². The lowest BCUT2D eigenvalue weighted by Crippen LogP contribution is -2.34. The van der Waals surface area contributed by atoms with E-state index >= 15 is 0 Å². The Labute approximate surface area is 125 Å². The number of aryl methyl sites for hydroxylation is 3. The molecule has 2 aromatic rings. The minimum absolute atomic E-state index is 0.446. The summed E-state index contributed by atoms with van der Waals surface area (Å²) in [5, 5.41) is 4.29. The van der Waals surface area contributed by atoms with Gasteiger partial charge in [0.25, 0.3) is 0 Å². The van der Waals surface area contributed by atoms with E-state index in [-0.39, 0.29) is 0 Å². The molecule has 0 amide bonds. The number of guanidine groups is 1. The second kappa shape index (κ2) is 6.63. The van der Waals surface area contributed by atoms with E-state index in [0.29, 0.717) is 25.7 Å².